The van der Waals surface area contributed by atoms with E-state index in [9.17, 15) is 9.59 Å². The Bertz CT molecular complexity index is 372. The van der Waals surface area contributed by atoms with Gasteiger partial charge in [-0.3, -0.25) is 9.59 Å². The Hall–Kier alpha value is -0.940. The van der Waals surface area contributed by atoms with E-state index in [4.69, 9.17) is 9.84 Å². The van der Waals surface area contributed by atoms with E-state index in [-0.39, 0.29) is 23.9 Å². The zero-order valence-corrected chi connectivity index (χ0v) is 11.8. The number of aliphatic hydroxyl groups excluding tert-OH is 1. The number of ketones is 1. The molecule has 0 heterocycles. The Kier molecular flexibility index (Phi) is 3.97. The molecule has 0 atom stereocenters. The van der Waals surface area contributed by atoms with E-state index < -0.39 is 5.41 Å². The highest BCUT2D eigenvalue weighted by molar-refractivity contribution is 6.07. The maximum atomic E-state index is 12.7. The third-order valence-electron chi connectivity index (χ3n) is 4.91. The lowest BCUT2D eigenvalue weighted by molar-refractivity contribution is -0.172. The van der Waals surface area contributed by atoms with Crippen molar-refractivity contribution in [2.75, 3.05) is 26.8 Å². The smallest absolute Gasteiger partial charge is 0.236 e. The van der Waals surface area contributed by atoms with Crippen molar-refractivity contribution in [1.82, 2.24) is 4.90 Å². The van der Waals surface area contributed by atoms with Crippen molar-refractivity contribution in [2.45, 2.75) is 44.6 Å². The van der Waals surface area contributed by atoms with Gasteiger partial charge in [-0.1, -0.05) is 0 Å². The molecule has 0 radical (unpaired) electrons. The normalized spacial score (nSPS) is 33.5. The van der Waals surface area contributed by atoms with E-state index in [1.807, 2.05) is 6.92 Å². The predicted octanol–water partition coefficient (Wildman–Crippen LogP) is 0.746. The second kappa shape index (κ2) is 5.21. The monoisotopic (exact) mass is 269 g/mol. The summed E-state index contributed by atoms with van der Waals surface area (Å²) in [6, 6.07) is 0. The summed E-state index contributed by atoms with van der Waals surface area (Å²) in [4.78, 5) is 26.7. The second-order valence-corrected chi connectivity index (χ2v) is 5.68. The molecule has 5 heteroatoms. The number of carbonyl (C=O) groups excluding carboxylic acids is 2. The first kappa shape index (κ1) is 14.5. The third-order valence-corrected chi connectivity index (χ3v) is 4.91. The van der Waals surface area contributed by atoms with E-state index in [0.717, 1.165) is 12.8 Å². The average molecular weight is 269 g/mol. The quantitative estimate of drug-likeness (QED) is 0.748. The van der Waals surface area contributed by atoms with Crippen LogP contribution in [-0.2, 0) is 14.3 Å². The van der Waals surface area contributed by atoms with Crippen molar-refractivity contribution in [3.63, 3.8) is 0 Å². The van der Waals surface area contributed by atoms with Crippen LogP contribution in [0.15, 0.2) is 0 Å². The SMILES string of the molecule is CCN(CCO)C(=O)C12CCC(OC)(CC1)CC2=O. The van der Waals surface area contributed by atoms with Gasteiger partial charge in [0, 0.05) is 26.6 Å². The van der Waals surface area contributed by atoms with Crippen LogP contribution in [0.2, 0.25) is 0 Å². The molecule has 0 aromatic heterocycles. The van der Waals surface area contributed by atoms with Crippen LogP contribution in [0.3, 0.4) is 0 Å². The number of aliphatic hydroxyl groups is 1. The third kappa shape index (κ3) is 2.19. The number of rotatable bonds is 5. The summed E-state index contributed by atoms with van der Waals surface area (Å²) in [5, 5.41) is 9.03. The summed E-state index contributed by atoms with van der Waals surface area (Å²) in [7, 11) is 1.65. The number of likely N-dealkylation sites (N-methyl/N-ethyl adjacent to an activating group) is 1. The molecule has 0 aliphatic heterocycles. The second-order valence-electron chi connectivity index (χ2n) is 5.68. The maximum absolute atomic E-state index is 12.7. The van der Waals surface area contributed by atoms with E-state index in [2.05, 4.69) is 0 Å². The molecule has 3 saturated carbocycles. The molecule has 0 aromatic rings. The van der Waals surface area contributed by atoms with Gasteiger partial charge < -0.3 is 14.7 Å². The van der Waals surface area contributed by atoms with Gasteiger partial charge in [-0.2, -0.15) is 0 Å². The Balaban J connectivity index is 2.20. The molecule has 19 heavy (non-hydrogen) atoms. The van der Waals surface area contributed by atoms with Gasteiger partial charge in [-0.05, 0) is 32.6 Å². The number of fused-ring (bicyclic) bond motifs is 3. The largest absolute Gasteiger partial charge is 0.395 e. The maximum Gasteiger partial charge on any atom is 0.236 e. The summed E-state index contributed by atoms with van der Waals surface area (Å²) in [6.45, 7) is 2.65. The Morgan fingerprint density at radius 2 is 2.00 bits per heavy atom. The van der Waals surface area contributed by atoms with Crippen molar-refractivity contribution in [1.29, 1.82) is 0 Å². The summed E-state index contributed by atoms with van der Waals surface area (Å²) in [5.74, 6) is -0.0771. The van der Waals surface area contributed by atoms with Crippen LogP contribution in [0, 0.1) is 5.41 Å². The number of carbonyl (C=O) groups is 2. The van der Waals surface area contributed by atoms with Gasteiger partial charge in [-0.15, -0.1) is 0 Å². The minimum Gasteiger partial charge on any atom is -0.395 e. The minimum atomic E-state index is -0.842. The Morgan fingerprint density at radius 3 is 2.42 bits per heavy atom. The Labute approximate surface area is 113 Å². The van der Waals surface area contributed by atoms with Crippen LogP contribution in [0.1, 0.15) is 39.0 Å². The number of hydrogen-bond donors (Lipinski definition) is 1. The van der Waals surface area contributed by atoms with E-state index in [1.54, 1.807) is 12.0 Å². The molecule has 2 bridgehead atoms. The van der Waals surface area contributed by atoms with Crippen molar-refractivity contribution in [3.8, 4) is 0 Å². The number of methoxy groups -OCH3 is 1. The molecule has 0 aromatic carbocycles. The van der Waals surface area contributed by atoms with Crippen molar-refractivity contribution < 1.29 is 19.4 Å². The van der Waals surface area contributed by atoms with Crippen molar-refractivity contribution in [2.24, 2.45) is 5.41 Å². The predicted molar refractivity (Wildman–Crippen MR) is 69.6 cm³/mol. The molecule has 3 aliphatic carbocycles. The van der Waals surface area contributed by atoms with Gasteiger partial charge in [0.15, 0.2) is 5.78 Å². The molecule has 1 amide bonds. The lowest BCUT2D eigenvalue weighted by Gasteiger charge is -2.51. The molecule has 1 N–H and O–H groups in total. The van der Waals surface area contributed by atoms with Gasteiger partial charge in [0.05, 0.1) is 12.2 Å². The number of Topliss-reactive ketones (excluding diaryl/α,β-unsaturated/α-hetero) is 1. The fraction of sp³-hybridized carbons (Fsp3) is 0.857. The fourth-order valence-electron chi connectivity index (χ4n) is 3.49. The molecule has 3 aliphatic rings. The number of hydrogen-bond acceptors (Lipinski definition) is 4. The summed E-state index contributed by atoms with van der Waals surface area (Å²) in [5.41, 5.74) is -1.17. The summed E-state index contributed by atoms with van der Waals surface area (Å²) < 4.78 is 5.51. The van der Waals surface area contributed by atoms with Crippen LogP contribution in [0.4, 0.5) is 0 Å². The summed E-state index contributed by atoms with van der Waals surface area (Å²) in [6.07, 6.45) is 3.07. The lowest BCUT2D eigenvalue weighted by Crippen LogP contribution is -2.59. The molecule has 0 spiro atoms. The molecular formula is C14H23NO4. The highest BCUT2D eigenvalue weighted by Crippen LogP contribution is 2.52. The van der Waals surface area contributed by atoms with Crippen molar-refractivity contribution >= 4 is 11.7 Å². The molecule has 3 rings (SSSR count). The molecule has 5 nitrogen and oxygen atoms in total. The molecule has 108 valence electrons. The van der Waals surface area contributed by atoms with Gasteiger partial charge in [-0.25, -0.2) is 0 Å². The first-order chi connectivity index (χ1) is 9.03. The first-order valence-electron chi connectivity index (χ1n) is 7.02. The van der Waals surface area contributed by atoms with E-state index in [1.165, 1.54) is 0 Å². The highest BCUT2D eigenvalue weighted by Gasteiger charge is 2.59. The standard InChI is InChI=1S/C14H23NO4/c1-3-15(8-9-16)12(18)14-6-4-13(19-2,5-7-14)10-11(14)17/h16H,3-10H2,1-2H3. The number of amides is 1. The van der Waals surface area contributed by atoms with Crippen LogP contribution >= 0.6 is 0 Å². The number of ether oxygens (including phenoxy) is 1. The average Bonchev–Trinajstić information content (AvgIpc) is 2.45. The molecule has 0 saturated heterocycles. The van der Waals surface area contributed by atoms with E-state index in [0.29, 0.717) is 32.4 Å². The summed E-state index contributed by atoms with van der Waals surface area (Å²) >= 11 is 0. The van der Waals surface area contributed by atoms with Crippen molar-refractivity contribution in [3.05, 3.63) is 0 Å². The van der Waals surface area contributed by atoms with Gasteiger partial charge >= 0.3 is 0 Å². The molecule has 0 unspecified atom stereocenters. The van der Waals surface area contributed by atoms with Gasteiger partial charge in [0.2, 0.25) is 5.91 Å². The minimum absolute atomic E-state index is 0.0215. The zero-order chi connectivity index (χ0) is 14.1. The van der Waals surface area contributed by atoms with E-state index >= 15 is 0 Å². The van der Waals surface area contributed by atoms with Gasteiger partial charge in [0.1, 0.15) is 5.41 Å². The van der Waals surface area contributed by atoms with Crippen LogP contribution in [-0.4, -0.2) is 54.1 Å². The van der Waals surface area contributed by atoms with Gasteiger partial charge in [0.25, 0.3) is 0 Å². The zero-order valence-electron chi connectivity index (χ0n) is 11.8. The van der Waals surface area contributed by atoms with Crippen LogP contribution in [0.5, 0.6) is 0 Å². The topological polar surface area (TPSA) is 66.8 Å². The molecular weight excluding hydrogens is 246 g/mol. The molecule has 3 fully saturated rings. The lowest BCUT2D eigenvalue weighted by atomic mass is 9.57. The van der Waals surface area contributed by atoms with Crippen LogP contribution < -0.4 is 0 Å². The Morgan fingerprint density at radius 1 is 1.37 bits per heavy atom. The number of nitrogens with zero attached hydrogens (tertiary/aromatic N) is 1. The fourth-order valence-corrected chi connectivity index (χ4v) is 3.49. The highest BCUT2D eigenvalue weighted by atomic mass is 16.5. The first-order valence-corrected chi connectivity index (χ1v) is 7.02. The van der Waals surface area contributed by atoms with Crippen LogP contribution in [0.25, 0.3) is 0 Å².